The van der Waals surface area contributed by atoms with E-state index in [0.717, 1.165) is 24.2 Å². The molecule has 0 fully saturated rings. The lowest BCUT2D eigenvalue weighted by Gasteiger charge is -2.34. The fraction of sp³-hybridized carbons (Fsp3) is 0.0704. The van der Waals surface area contributed by atoms with Crippen molar-refractivity contribution < 1.29 is 0 Å². The highest BCUT2D eigenvalue weighted by Crippen LogP contribution is 2.53. The zero-order chi connectivity index (χ0) is 48.4. The molecular formula is C71H50N2. The van der Waals surface area contributed by atoms with Crippen molar-refractivity contribution in [3.8, 4) is 44.5 Å². The van der Waals surface area contributed by atoms with Crippen molar-refractivity contribution in [2.24, 2.45) is 0 Å². The van der Waals surface area contributed by atoms with E-state index < -0.39 is 0 Å². The number of nitrogens with zero attached hydrogens (tertiary/aromatic N) is 2. The molecule has 0 aromatic heterocycles. The largest absolute Gasteiger partial charge is 0.310 e. The third kappa shape index (κ3) is 6.43. The molecule has 0 saturated heterocycles. The quantitative estimate of drug-likeness (QED) is 0.159. The van der Waals surface area contributed by atoms with Gasteiger partial charge in [0.05, 0.1) is 0 Å². The number of para-hydroxylation sites is 4. The second-order valence-corrected chi connectivity index (χ2v) is 20.8. The van der Waals surface area contributed by atoms with E-state index in [1.54, 1.807) is 0 Å². The molecule has 0 amide bonds. The van der Waals surface area contributed by atoms with E-state index in [1.165, 1.54) is 133 Å². The van der Waals surface area contributed by atoms with Gasteiger partial charge in [0.25, 0.3) is 0 Å². The minimum absolute atomic E-state index is 0.0344. The van der Waals surface area contributed by atoms with Gasteiger partial charge in [-0.3, -0.25) is 0 Å². The number of anilines is 6. The maximum atomic E-state index is 2.49. The summed E-state index contributed by atoms with van der Waals surface area (Å²) in [5.74, 6) is 0. The summed E-state index contributed by atoms with van der Waals surface area (Å²) in [5, 5.41) is 7.35. The average Bonchev–Trinajstić information content (AvgIpc) is 3.69. The Morgan fingerprint density at radius 3 is 1.32 bits per heavy atom. The summed E-state index contributed by atoms with van der Waals surface area (Å²) in [6.07, 6.45) is 1.82. The van der Waals surface area contributed by atoms with Crippen LogP contribution in [0.2, 0.25) is 0 Å². The molecule has 0 radical (unpaired) electrons. The van der Waals surface area contributed by atoms with Crippen LogP contribution in [-0.4, -0.2) is 0 Å². The molecule has 3 aliphatic rings. The molecule has 344 valence electrons. The molecule has 12 aromatic rings. The highest BCUT2D eigenvalue weighted by Gasteiger charge is 2.35. The Labute approximate surface area is 426 Å². The minimum Gasteiger partial charge on any atom is -0.310 e. The van der Waals surface area contributed by atoms with Crippen LogP contribution in [0, 0.1) is 0 Å². The van der Waals surface area contributed by atoms with Gasteiger partial charge in [0.15, 0.2) is 0 Å². The summed E-state index contributed by atoms with van der Waals surface area (Å²) in [7, 11) is 0. The highest BCUT2D eigenvalue weighted by atomic mass is 15.2. The van der Waals surface area contributed by atoms with Crippen molar-refractivity contribution in [1.82, 2.24) is 0 Å². The van der Waals surface area contributed by atoms with E-state index in [9.17, 15) is 0 Å². The third-order valence-corrected chi connectivity index (χ3v) is 16.4. The fourth-order valence-electron chi connectivity index (χ4n) is 12.9. The van der Waals surface area contributed by atoms with Crippen molar-refractivity contribution in [3.63, 3.8) is 0 Å². The molecule has 1 aliphatic carbocycles. The lowest BCUT2D eigenvalue weighted by molar-refractivity contribution is 0.660. The van der Waals surface area contributed by atoms with Gasteiger partial charge in [-0.1, -0.05) is 196 Å². The molecule has 0 bridgehead atoms. The standard InChI is InChI=1S/C71H50N2/c1-71(2)63-22-10-9-21-57(63)60-42-49(33-38-64(60)71)46-27-30-47(31-28-46)69-58-36-34-56(73-67-25-13-7-19-52(67)41-53-20-8-14-26-68(53)73)44-62(58)70(54-32-29-45-15-3-4-16-48(45)39-54)59-37-35-55(43-61(59)69)72-65-23-11-5-17-50(65)40-51-18-6-12-24-66(51)72/h3-39,42-44H,40-41H2,1-2H3. The predicted molar refractivity (Wildman–Crippen MR) is 308 cm³/mol. The first-order valence-electron chi connectivity index (χ1n) is 25.7. The van der Waals surface area contributed by atoms with E-state index in [2.05, 4.69) is 266 Å². The SMILES string of the molecule is CC1(C)c2ccccc2-c2cc(-c3ccc(-c4c5ccc(N6c7ccccc7Cc7ccccc76)cc5c(-c5ccc6ccccc6c5)c5ccc(N6c7ccccc7Cc7ccccc76)cc45)cc3)ccc21. The number of hydrogen-bond acceptors (Lipinski definition) is 2. The van der Waals surface area contributed by atoms with Crippen molar-refractivity contribution in [2.45, 2.75) is 32.1 Å². The van der Waals surface area contributed by atoms with E-state index in [1.807, 2.05) is 0 Å². The van der Waals surface area contributed by atoms with Gasteiger partial charge in [-0.05, 0) is 171 Å². The van der Waals surface area contributed by atoms with Crippen LogP contribution in [0.4, 0.5) is 34.1 Å². The Kier molecular flexibility index (Phi) is 9.16. The summed E-state index contributed by atoms with van der Waals surface area (Å²) in [4.78, 5) is 4.98. The normalized spacial score (nSPS) is 13.8. The Balaban J connectivity index is 0.997. The van der Waals surface area contributed by atoms with Crippen molar-refractivity contribution in [2.75, 3.05) is 9.80 Å². The summed E-state index contributed by atoms with van der Waals surface area (Å²) < 4.78 is 0. The first-order chi connectivity index (χ1) is 35.9. The average molecular weight is 931 g/mol. The summed E-state index contributed by atoms with van der Waals surface area (Å²) >= 11 is 0. The van der Waals surface area contributed by atoms with Crippen LogP contribution in [-0.2, 0) is 18.3 Å². The zero-order valence-corrected chi connectivity index (χ0v) is 40.9. The van der Waals surface area contributed by atoms with Gasteiger partial charge in [0.2, 0.25) is 0 Å². The number of hydrogen-bond donors (Lipinski definition) is 0. The minimum atomic E-state index is -0.0344. The second kappa shape index (κ2) is 16.0. The van der Waals surface area contributed by atoms with Crippen LogP contribution >= 0.6 is 0 Å². The molecule has 0 unspecified atom stereocenters. The van der Waals surface area contributed by atoms with Gasteiger partial charge in [-0.15, -0.1) is 0 Å². The monoisotopic (exact) mass is 930 g/mol. The van der Waals surface area contributed by atoms with Crippen LogP contribution in [0.5, 0.6) is 0 Å². The van der Waals surface area contributed by atoms with Gasteiger partial charge in [0, 0.05) is 52.4 Å². The Morgan fingerprint density at radius 1 is 0.301 bits per heavy atom. The van der Waals surface area contributed by atoms with Crippen LogP contribution < -0.4 is 9.80 Å². The van der Waals surface area contributed by atoms with Crippen molar-refractivity contribution in [3.05, 3.63) is 276 Å². The lowest BCUT2D eigenvalue weighted by Crippen LogP contribution is -2.18. The van der Waals surface area contributed by atoms with E-state index in [0.29, 0.717) is 0 Å². The topological polar surface area (TPSA) is 6.48 Å². The molecule has 0 saturated carbocycles. The van der Waals surface area contributed by atoms with Crippen LogP contribution in [0.15, 0.2) is 243 Å². The van der Waals surface area contributed by atoms with E-state index in [4.69, 9.17) is 0 Å². The summed E-state index contributed by atoms with van der Waals surface area (Å²) in [5.41, 5.74) is 25.3. The molecule has 2 nitrogen and oxygen atoms in total. The highest BCUT2D eigenvalue weighted by molar-refractivity contribution is 6.23. The molecule has 15 rings (SSSR count). The molecule has 2 heterocycles. The maximum Gasteiger partial charge on any atom is 0.0497 e. The van der Waals surface area contributed by atoms with Gasteiger partial charge in [0.1, 0.15) is 0 Å². The Bertz CT molecular complexity index is 4160. The Hall–Kier alpha value is -8.98. The molecule has 0 atom stereocenters. The van der Waals surface area contributed by atoms with Gasteiger partial charge in [-0.2, -0.15) is 0 Å². The van der Waals surface area contributed by atoms with Crippen LogP contribution in [0.25, 0.3) is 76.8 Å². The van der Waals surface area contributed by atoms with Crippen molar-refractivity contribution in [1.29, 1.82) is 0 Å². The van der Waals surface area contributed by atoms with Gasteiger partial charge < -0.3 is 9.80 Å². The first-order valence-corrected chi connectivity index (χ1v) is 25.7. The predicted octanol–water partition coefficient (Wildman–Crippen LogP) is 19.2. The van der Waals surface area contributed by atoms with Crippen LogP contribution in [0.1, 0.15) is 47.2 Å². The molecular weight excluding hydrogens is 881 g/mol. The molecule has 0 N–H and O–H groups in total. The maximum absolute atomic E-state index is 2.49. The van der Waals surface area contributed by atoms with E-state index >= 15 is 0 Å². The van der Waals surface area contributed by atoms with Gasteiger partial charge in [-0.25, -0.2) is 0 Å². The van der Waals surface area contributed by atoms with Crippen LogP contribution in [0.3, 0.4) is 0 Å². The molecule has 12 aromatic carbocycles. The lowest BCUT2D eigenvalue weighted by atomic mass is 9.82. The molecule has 0 spiro atoms. The molecule has 73 heavy (non-hydrogen) atoms. The van der Waals surface area contributed by atoms with E-state index in [-0.39, 0.29) is 5.41 Å². The second-order valence-electron chi connectivity index (χ2n) is 20.8. The number of benzene rings is 12. The summed E-state index contributed by atoms with van der Waals surface area (Å²) in [6, 6.07) is 91.4. The smallest absolute Gasteiger partial charge is 0.0497 e. The Morgan fingerprint density at radius 2 is 0.740 bits per heavy atom. The summed E-state index contributed by atoms with van der Waals surface area (Å²) in [6.45, 7) is 4.71. The number of fused-ring (bicyclic) bond motifs is 10. The van der Waals surface area contributed by atoms with Crippen molar-refractivity contribution >= 4 is 66.4 Å². The number of rotatable bonds is 5. The molecule has 2 heteroatoms. The third-order valence-electron chi connectivity index (χ3n) is 16.4. The molecule has 2 aliphatic heterocycles. The van der Waals surface area contributed by atoms with Gasteiger partial charge >= 0.3 is 0 Å². The fourth-order valence-corrected chi connectivity index (χ4v) is 12.9. The zero-order valence-electron chi connectivity index (χ0n) is 40.9. The first kappa shape index (κ1) is 41.8.